The van der Waals surface area contributed by atoms with Gasteiger partial charge in [-0.2, -0.15) is 0 Å². The van der Waals surface area contributed by atoms with E-state index in [0.29, 0.717) is 13.2 Å². The fraction of sp³-hybridized carbons (Fsp3) is 0.409. The van der Waals surface area contributed by atoms with Crippen LogP contribution in [0.1, 0.15) is 37.0 Å². The number of hydrogen-bond donors (Lipinski definition) is 1. The lowest BCUT2D eigenvalue weighted by molar-refractivity contribution is -0.127. The molecule has 140 valence electrons. The molecule has 1 amide bonds. The van der Waals surface area contributed by atoms with Crippen molar-refractivity contribution in [2.45, 2.75) is 46.6 Å². The maximum atomic E-state index is 12.2. The molecule has 1 atom stereocenters. The van der Waals surface area contributed by atoms with Crippen molar-refractivity contribution in [3.63, 3.8) is 0 Å². The number of carbonyl (C=O) groups is 1. The van der Waals surface area contributed by atoms with Crippen LogP contribution in [0.25, 0.3) is 0 Å². The zero-order valence-electron chi connectivity index (χ0n) is 16.2. The van der Waals surface area contributed by atoms with Crippen LogP contribution in [0, 0.1) is 13.8 Å². The lowest BCUT2D eigenvalue weighted by atomic mass is 10.1. The maximum Gasteiger partial charge on any atom is 0.260 e. The van der Waals surface area contributed by atoms with Crippen LogP contribution in [0.15, 0.2) is 42.5 Å². The number of ether oxygens (including phenoxy) is 2. The fourth-order valence-corrected chi connectivity index (χ4v) is 2.74. The summed E-state index contributed by atoms with van der Waals surface area (Å²) in [6.45, 7) is 9.09. The van der Waals surface area contributed by atoms with Gasteiger partial charge in [0.15, 0.2) is 6.10 Å². The first-order valence-electron chi connectivity index (χ1n) is 9.23. The molecule has 4 nitrogen and oxygen atoms in total. The molecular weight excluding hydrogens is 326 g/mol. The van der Waals surface area contributed by atoms with E-state index in [1.54, 1.807) is 6.92 Å². The highest BCUT2D eigenvalue weighted by molar-refractivity contribution is 5.80. The molecule has 0 radical (unpaired) electrons. The maximum absolute atomic E-state index is 12.2. The van der Waals surface area contributed by atoms with Crippen LogP contribution >= 0.6 is 0 Å². The number of aryl methyl sites for hydroxylation is 3. The molecule has 0 aliphatic rings. The van der Waals surface area contributed by atoms with Crippen molar-refractivity contribution < 1.29 is 14.3 Å². The molecule has 0 spiro atoms. The first-order valence-corrected chi connectivity index (χ1v) is 9.23. The van der Waals surface area contributed by atoms with E-state index in [2.05, 4.69) is 23.5 Å². The Morgan fingerprint density at radius 3 is 2.50 bits per heavy atom. The Morgan fingerprint density at radius 1 is 1.12 bits per heavy atom. The third-order valence-corrected chi connectivity index (χ3v) is 4.18. The summed E-state index contributed by atoms with van der Waals surface area (Å²) >= 11 is 0. The van der Waals surface area contributed by atoms with Gasteiger partial charge in [0.1, 0.15) is 11.5 Å². The van der Waals surface area contributed by atoms with Crippen molar-refractivity contribution in [2.24, 2.45) is 0 Å². The zero-order chi connectivity index (χ0) is 18.9. The number of benzene rings is 2. The molecule has 4 heteroatoms. The molecule has 0 bridgehead atoms. The summed E-state index contributed by atoms with van der Waals surface area (Å²) in [6.07, 6.45) is 1.29. The number of carbonyl (C=O) groups excluding carboxylic acids is 1. The Labute approximate surface area is 156 Å². The van der Waals surface area contributed by atoms with Gasteiger partial charge in [-0.3, -0.25) is 4.79 Å². The average Bonchev–Trinajstić information content (AvgIpc) is 2.62. The molecule has 0 fully saturated rings. The molecule has 2 aromatic carbocycles. The fourth-order valence-electron chi connectivity index (χ4n) is 2.74. The highest BCUT2D eigenvalue weighted by atomic mass is 16.5. The van der Waals surface area contributed by atoms with E-state index in [-0.39, 0.29) is 5.91 Å². The predicted molar refractivity (Wildman–Crippen MR) is 105 cm³/mol. The van der Waals surface area contributed by atoms with Gasteiger partial charge < -0.3 is 14.8 Å². The highest BCUT2D eigenvalue weighted by Gasteiger charge is 2.15. The Kier molecular flexibility index (Phi) is 7.52. The lowest BCUT2D eigenvalue weighted by Crippen LogP contribution is -2.37. The van der Waals surface area contributed by atoms with Crippen molar-refractivity contribution in [1.82, 2.24) is 5.32 Å². The number of nitrogens with one attached hydrogen (secondary N) is 1. The van der Waals surface area contributed by atoms with Crippen molar-refractivity contribution >= 4 is 5.91 Å². The van der Waals surface area contributed by atoms with Crippen LogP contribution < -0.4 is 14.8 Å². The van der Waals surface area contributed by atoms with E-state index in [1.165, 1.54) is 11.1 Å². The van der Waals surface area contributed by atoms with Crippen molar-refractivity contribution in [3.05, 3.63) is 59.2 Å². The van der Waals surface area contributed by atoms with Crippen LogP contribution in [-0.4, -0.2) is 25.2 Å². The molecule has 2 aromatic rings. The summed E-state index contributed by atoms with van der Waals surface area (Å²) in [7, 11) is 0. The molecule has 0 heterocycles. The Bertz CT molecular complexity index is 710. The summed E-state index contributed by atoms with van der Waals surface area (Å²) in [4.78, 5) is 12.2. The van der Waals surface area contributed by atoms with Gasteiger partial charge in [0.2, 0.25) is 0 Å². The second-order valence-electron chi connectivity index (χ2n) is 6.50. The van der Waals surface area contributed by atoms with Crippen LogP contribution in [0.2, 0.25) is 0 Å². The summed E-state index contributed by atoms with van der Waals surface area (Å²) in [5, 5.41) is 2.95. The molecule has 26 heavy (non-hydrogen) atoms. The molecule has 0 aromatic heterocycles. The SMILES string of the molecule is CCOc1ccc(CCCNC(=O)C(C)Oc2ccc(C)cc2C)cc1. The van der Waals surface area contributed by atoms with Gasteiger partial charge in [0.05, 0.1) is 6.61 Å². The van der Waals surface area contributed by atoms with Crippen molar-refractivity contribution in [1.29, 1.82) is 0 Å². The topological polar surface area (TPSA) is 47.6 Å². The van der Waals surface area contributed by atoms with Gasteiger partial charge in [-0.1, -0.05) is 29.8 Å². The van der Waals surface area contributed by atoms with Crippen LogP contribution in [-0.2, 0) is 11.2 Å². The van der Waals surface area contributed by atoms with E-state index < -0.39 is 6.10 Å². The summed E-state index contributed by atoms with van der Waals surface area (Å²) in [5.74, 6) is 1.56. The summed E-state index contributed by atoms with van der Waals surface area (Å²) in [6, 6.07) is 14.1. The van der Waals surface area contributed by atoms with Gasteiger partial charge in [-0.25, -0.2) is 0 Å². The first-order chi connectivity index (χ1) is 12.5. The molecule has 1 N–H and O–H groups in total. The van der Waals surface area contributed by atoms with Crippen molar-refractivity contribution in [3.8, 4) is 11.5 Å². The highest BCUT2D eigenvalue weighted by Crippen LogP contribution is 2.20. The zero-order valence-corrected chi connectivity index (χ0v) is 16.2. The van der Waals surface area contributed by atoms with Crippen LogP contribution in [0.5, 0.6) is 11.5 Å². The minimum absolute atomic E-state index is 0.0864. The van der Waals surface area contributed by atoms with Gasteiger partial charge in [-0.05, 0) is 69.9 Å². The predicted octanol–water partition coefficient (Wildman–Crippen LogP) is 4.22. The van der Waals surface area contributed by atoms with Crippen LogP contribution in [0.3, 0.4) is 0 Å². The second-order valence-corrected chi connectivity index (χ2v) is 6.50. The molecule has 1 unspecified atom stereocenters. The Balaban J connectivity index is 1.72. The summed E-state index contributed by atoms with van der Waals surface area (Å²) in [5.41, 5.74) is 3.46. The Morgan fingerprint density at radius 2 is 1.85 bits per heavy atom. The Hall–Kier alpha value is -2.49. The van der Waals surface area contributed by atoms with Gasteiger partial charge >= 0.3 is 0 Å². The quantitative estimate of drug-likeness (QED) is 0.685. The first kappa shape index (κ1) is 19.8. The van der Waals surface area contributed by atoms with Gasteiger partial charge in [0, 0.05) is 6.54 Å². The normalized spacial score (nSPS) is 11.7. The average molecular weight is 355 g/mol. The number of hydrogen-bond acceptors (Lipinski definition) is 3. The van der Waals surface area contributed by atoms with E-state index in [4.69, 9.17) is 9.47 Å². The van der Waals surface area contributed by atoms with Crippen molar-refractivity contribution in [2.75, 3.05) is 13.2 Å². The largest absolute Gasteiger partial charge is 0.494 e. The molecule has 0 aliphatic heterocycles. The third-order valence-electron chi connectivity index (χ3n) is 4.18. The molecule has 0 aliphatic carbocycles. The second kappa shape index (κ2) is 9.85. The van der Waals surface area contributed by atoms with E-state index in [0.717, 1.165) is 29.9 Å². The molecule has 0 saturated carbocycles. The van der Waals surface area contributed by atoms with Gasteiger partial charge in [-0.15, -0.1) is 0 Å². The smallest absolute Gasteiger partial charge is 0.260 e. The van der Waals surface area contributed by atoms with E-state index in [1.807, 2.05) is 45.0 Å². The standard InChI is InChI=1S/C22H29NO3/c1-5-25-20-11-9-19(10-12-20)7-6-14-23-22(24)18(4)26-21-13-8-16(2)15-17(21)3/h8-13,15,18H,5-7,14H2,1-4H3,(H,23,24). The van der Waals surface area contributed by atoms with Gasteiger partial charge in [0.25, 0.3) is 5.91 Å². The monoisotopic (exact) mass is 355 g/mol. The summed E-state index contributed by atoms with van der Waals surface area (Å²) < 4.78 is 11.2. The molecule has 0 saturated heterocycles. The third kappa shape index (κ3) is 6.10. The number of amides is 1. The number of rotatable bonds is 9. The minimum atomic E-state index is -0.512. The lowest BCUT2D eigenvalue weighted by Gasteiger charge is -2.16. The van der Waals surface area contributed by atoms with E-state index in [9.17, 15) is 4.79 Å². The van der Waals surface area contributed by atoms with E-state index >= 15 is 0 Å². The molecule has 2 rings (SSSR count). The molecular formula is C22H29NO3. The minimum Gasteiger partial charge on any atom is -0.494 e. The van der Waals surface area contributed by atoms with Crippen LogP contribution in [0.4, 0.5) is 0 Å².